The van der Waals surface area contributed by atoms with Gasteiger partial charge >= 0.3 is 17.8 Å². The molecule has 4 N–H and O–H groups in total. The zero-order valence-electron chi connectivity index (χ0n) is 17.5. The molecule has 10 heteroatoms. The van der Waals surface area contributed by atoms with E-state index in [1.165, 1.54) is 21.1 Å². The molecule has 1 aliphatic heterocycles. The number of nitrogens with zero attached hydrogens (tertiary/aromatic N) is 2. The first-order valence-corrected chi connectivity index (χ1v) is 11.2. The molecule has 1 unspecified atom stereocenters. The number of amides is 2. The Balaban J connectivity index is 1.46. The minimum absolute atomic E-state index is 0.000492. The van der Waals surface area contributed by atoms with Gasteiger partial charge in [0, 0.05) is 30.1 Å². The molecule has 9 nitrogen and oxygen atoms in total. The van der Waals surface area contributed by atoms with Crippen LogP contribution in [0.1, 0.15) is 35.7 Å². The van der Waals surface area contributed by atoms with Crippen molar-refractivity contribution in [3.63, 3.8) is 0 Å². The first-order chi connectivity index (χ1) is 15.4. The Morgan fingerprint density at radius 2 is 1.91 bits per heavy atom. The number of thiophene rings is 1. The van der Waals surface area contributed by atoms with E-state index in [9.17, 15) is 19.5 Å². The number of carbonyl (C=O) groups is 3. The van der Waals surface area contributed by atoms with Crippen LogP contribution in [0, 0.1) is 5.41 Å². The molecule has 170 valence electrons. The topological polar surface area (TPSA) is 137 Å². The van der Waals surface area contributed by atoms with E-state index in [-0.39, 0.29) is 12.3 Å². The molecule has 1 aromatic carbocycles. The average Bonchev–Trinajstić information content (AvgIpc) is 3.30. The number of unbranched alkanes of at least 4 members (excludes halogenated alkanes) is 1. The molecule has 0 aliphatic carbocycles. The van der Waals surface area contributed by atoms with Crippen LogP contribution >= 0.6 is 11.3 Å². The van der Waals surface area contributed by atoms with Gasteiger partial charge in [-0.2, -0.15) is 0 Å². The number of rotatable bonds is 11. The SMILES string of the molecule is N=C(N)c1ccc(OCCCCN2CCN(C(CC(=O)O)c3cccs3)C(=O)C2=O)cc1. The zero-order valence-corrected chi connectivity index (χ0v) is 18.3. The van der Waals surface area contributed by atoms with Crippen LogP contribution in [0.3, 0.4) is 0 Å². The second-order valence-corrected chi connectivity index (χ2v) is 8.39. The smallest absolute Gasteiger partial charge is 0.312 e. The number of carboxylic acids is 1. The molecule has 0 saturated carbocycles. The number of ether oxygens (including phenoxy) is 1. The van der Waals surface area contributed by atoms with Crippen LogP contribution in [0.25, 0.3) is 0 Å². The Bertz CT molecular complexity index is 961. The first-order valence-electron chi connectivity index (χ1n) is 10.3. The van der Waals surface area contributed by atoms with Gasteiger partial charge in [-0.1, -0.05) is 6.07 Å². The van der Waals surface area contributed by atoms with Crippen LogP contribution in [0.5, 0.6) is 5.75 Å². The molecule has 0 spiro atoms. The van der Waals surface area contributed by atoms with Crippen molar-refractivity contribution in [3.05, 3.63) is 52.2 Å². The zero-order chi connectivity index (χ0) is 23.1. The number of nitrogens with one attached hydrogen (secondary N) is 1. The summed E-state index contributed by atoms with van der Waals surface area (Å²) in [6.45, 7) is 1.58. The van der Waals surface area contributed by atoms with Crippen LogP contribution in [-0.2, 0) is 14.4 Å². The Morgan fingerprint density at radius 3 is 2.53 bits per heavy atom. The van der Waals surface area contributed by atoms with Gasteiger partial charge in [0.05, 0.1) is 19.1 Å². The highest BCUT2D eigenvalue weighted by atomic mass is 32.1. The molecule has 0 bridgehead atoms. The number of amidine groups is 1. The minimum Gasteiger partial charge on any atom is -0.494 e. The average molecular weight is 459 g/mol. The summed E-state index contributed by atoms with van der Waals surface area (Å²) in [6.07, 6.45) is 1.14. The number of hydrogen-bond donors (Lipinski definition) is 3. The molecule has 32 heavy (non-hydrogen) atoms. The number of piperazine rings is 1. The van der Waals surface area contributed by atoms with E-state index in [1.807, 2.05) is 5.38 Å². The van der Waals surface area contributed by atoms with Crippen LogP contribution in [0.2, 0.25) is 0 Å². The molecule has 2 amide bonds. The molecule has 3 rings (SSSR count). The molecule has 1 aliphatic rings. The first kappa shape index (κ1) is 23.3. The standard InChI is InChI=1S/C22H26N4O5S/c23-20(24)15-5-7-16(8-6-15)31-12-2-1-9-25-10-11-26(22(30)21(25)29)17(14-19(27)28)18-4-3-13-32-18/h3-8,13,17H,1-2,9-12,14H2,(H3,23,24)(H,27,28). The molecule has 1 saturated heterocycles. The van der Waals surface area contributed by atoms with E-state index in [2.05, 4.69) is 0 Å². The fourth-order valence-electron chi connectivity index (χ4n) is 3.54. The lowest BCUT2D eigenvalue weighted by atomic mass is 10.1. The summed E-state index contributed by atoms with van der Waals surface area (Å²) in [5, 5.41) is 18.5. The Hall–Kier alpha value is -3.40. The second kappa shape index (κ2) is 10.8. The summed E-state index contributed by atoms with van der Waals surface area (Å²) < 4.78 is 5.66. The number of carboxylic acid groups (broad SMARTS) is 1. The Morgan fingerprint density at radius 1 is 1.16 bits per heavy atom. The lowest BCUT2D eigenvalue weighted by molar-refractivity contribution is -0.159. The molecule has 1 aromatic heterocycles. The van der Waals surface area contributed by atoms with Crippen molar-refractivity contribution in [2.45, 2.75) is 25.3 Å². The van der Waals surface area contributed by atoms with E-state index in [0.29, 0.717) is 50.4 Å². The summed E-state index contributed by atoms with van der Waals surface area (Å²) >= 11 is 1.38. The second-order valence-electron chi connectivity index (χ2n) is 7.41. The van der Waals surface area contributed by atoms with Gasteiger partial charge in [0.25, 0.3) is 0 Å². The van der Waals surface area contributed by atoms with Gasteiger partial charge in [-0.3, -0.25) is 19.8 Å². The van der Waals surface area contributed by atoms with E-state index in [4.69, 9.17) is 15.9 Å². The van der Waals surface area contributed by atoms with E-state index in [0.717, 1.165) is 4.88 Å². The summed E-state index contributed by atoms with van der Waals surface area (Å²) in [7, 11) is 0. The van der Waals surface area contributed by atoms with Crippen LogP contribution in [0.15, 0.2) is 41.8 Å². The Kier molecular flexibility index (Phi) is 7.82. The fourth-order valence-corrected chi connectivity index (χ4v) is 4.38. The maximum atomic E-state index is 12.7. The number of aliphatic carboxylic acids is 1. The monoisotopic (exact) mass is 458 g/mol. The predicted octanol–water partition coefficient (Wildman–Crippen LogP) is 2.08. The highest BCUT2D eigenvalue weighted by Gasteiger charge is 2.37. The highest BCUT2D eigenvalue weighted by Crippen LogP contribution is 2.30. The maximum Gasteiger partial charge on any atom is 0.312 e. The third kappa shape index (κ3) is 5.85. The quantitative estimate of drug-likeness (QED) is 0.204. The van der Waals surface area contributed by atoms with Gasteiger partial charge in [-0.25, -0.2) is 0 Å². The molecular formula is C22H26N4O5S. The van der Waals surface area contributed by atoms with Crippen molar-refractivity contribution in [2.24, 2.45) is 5.73 Å². The number of benzene rings is 1. The van der Waals surface area contributed by atoms with Gasteiger partial charge in [-0.05, 0) is 48.6 Å². The number of hydrogen-bond acceptors (Lipinski definition) is 6. The van der Waals surface area contributed by atoms with E-state index < -0.39 is 23.8 Å². The summed E-state index contributed by atoms with van der Waals surface area (Å²) in [5.41, 5.74) is 6.05. The number of carbonyl (C=O) groups excluding carboxylic acids is 2. The molecule has 2 heterocycles. The van der Waals surface area contributed by atoms with E-state index in [1.54, 1.807) is 36.4 Å². The molecule has 0 radical (unpaired) electrons. The lowest BCUT2D eigenvalue weighted by Gasteiger charge is -2.37. The van der Waals surface area contributed by atoms with Gasteiger partial charge in [0.15, 0.2) is 0 Å². The van der Waals surface area contributed by atoms with Gasteiger partial charge in [0.2, 0.25) is 0 Å². The summed E-state index contributed by atoms with van der Waals surface area (Å²) in [4.78, 5) is 40.3. The van der Waals surface area contributed by atoms with Crippen molar-refractivity contribution in [3.8, 4) is 5.75 Å². The minimum atomic E-state index is -1.01. The maximum absolute atomic E-state index is 12.7. The number of nitrogens with two attached hydrogens (primary N) is 1. The number of nitrogen functional groups attached to an aromatic ring is 1. The van der Waals surface area contributed by atoms with Gasteiger partial charge < -0.3 is 25.4 Å². The van der Waals surface area contributed by atoms with Crippen LogP contribution in [-0.4, -0.2) is 64.8 Å². The largest absolute Gasteiger partial charge is 0.494 e. The summed E-state index contributed by atoms with van der Waals surface area (Å²) in [5.74, 6) is -1.59. The third-order valence-corrected chi connectivity index (χ3v) is 6.19. The predicted molar refractivity (Wildman–Crippen MR) is 120 cm³/mol. The van der Waals surface area contributed by atoms with Crippen LogP contribution < -0.4 is 10.5 Å². The van der Waals surface area contributed by atoms with Gasteiger partial charge in [-0.15, -0.1) is 11.3 Å². The molecule has 1 fully saturated rings. The van der Waals surface area contributed by atoms with Crippen molar-refractivity contribution in [2.75, 3.05) is 26.2 Å². The van der Waals surface area contributed by atoms with Crippen molar-refractivity contribution in [1.29, 1.82) is 5.41 Å². The lowest BCUT2D eigenvalue weighted by Crippen LogP contribution is -2.55. The van der Waals surface area contributed by atoms with Gasteiger partial charge in [0.1, 0.15) is 11.6 Å². The molecule has 1 atom stereocenters. The van der Waals surface area contributed by atoms with Crippen molar-refractivity contribution in [1.82, 2.24) is 9.80 Å². The summed E-state index contributed by atoms with van der Waals surface area (Å²) in [6, 6.07) is 9.89. The molecule has 2 aromatic rings. The normalized spacial score (nSPS) is 15.0. The fraction of sp³-hybridized carbons (Fsp3) is 0.364. The van der Waals surface area contributed by atoms with Crippen LogP contribution in [0.4, 0.5) is 0 Å². The van der Waals surface area contributed by atoms with Crippen molar-refractivity contribution < 1.29 is 24.2 Å². The Labute approximate surface area is 189 Å². The molecular weight excluding hydrogens is 432 g/mol. The van der Waals surface area contributed by atoms with E-state index >= 15 is 0 Å². The third-order valence-electron chi connectivity index (χ3n) is 5.21. The van der Waals surface area contributed by atoms with Crippen molar-refractivity contribution >= 4 is 35.0 Å². The highest BCUT2D eigenvalue weighted by molar-refractivity contribution is 7.10.